The summed E-state index contributed by atoms with van der Waals surface area (Å²) >= 11 is 0. The Kier molecular flexibility index (Phi) is 2.34. The summed E-state index contributed by atoms with van der Waals surface area (Å²) in [6, 6.07) is 7.85. The lowest BCUT2D eigenvalue weighted by Crippen LogP contribution is -2.27. The van der Waals surface area contributed by atoms with E-state index in [2.05, 4.69) is 0 Å². The smallest absolute Gasteiger partial charge is 0.428 e. The Hall–Kier alpha value is -1.26. The van der Waals surface area contributed by atoms with Crippen LogP contribution in [0.25, 0.3) is 6.08 Å². The molecule has 0 saturated heterocycles. The molecule has 3 nitrogen and oxygen atoms in total. The van der Waals surface area contributed by atoms with Crippen LogP contribution in [0.15, 0.2) is 30.3 Å². The maximum atomic E-state index is 8.53. The van der Waals surface area contributed by atoms with Crippen LogP contribution in [0.2, 0.25) is 0 Å². The standard InChI is InChI=1S/C9H9BNO2/c12-10-13-11-7-3-5-8-4-1-2-6-9(8)11/h1-6,12H,7H2. The molecule has 0 bridgehead atoms. The van der Waals surface area contributed by atoms with Crippen LogP contribution in [0.3, 0.4) is 0 Å². The Labute approximate surface area is 77.5 Å². The van der Waals surface area contributed by atoms with E-state index < -0.39 is 0 Å². The van der Waals surface area contributed by atoms with Gasteiger partial charge in [-0.05, 0) is 11.6 Å². The highest BCUT2D eigenvalue weighted by atomic mass is 16.7. The minimum Gasteiger partial charge on any atom is -0.428 e. The molecule has 0 aliphatic carbocycles. The summed E-state index contributed by atoms with van der Waals surface area (Å²) in [6.45, 7) is 0.647. The molecule has 0 fully saturated rings. The first-order valence-corrected chi connectivity index (χ1v) is 4.07. The molecule has 0 atom stereocenters. The summed E-state index contributed by atoms with van der Waals surface area (Å²) < 4.78 is 4.92. The number of nitrogens with zero attached hydrogens (tertiary/aromatic N) is 1. The van der Waals surface area contributed by atoms with E-state index in [1.54, 1.807) is 5.06 Å². The summed E-state index contributed by atoms with van der Waals surface area (Å²) in [5.41, 5.74) is 2.06. The third kappa shape index (κ3) is 1.59. The van der Waals surface area contributed by atoms with Crippen LogP contribution in [0, 0.1) is 0 Å². The van der Waals surface area contributed by atoms with Crippen molar-refractivity contribution in [3.05, 3.63) is 35.9 Å². The maximum absolute atomic E-state index is 8.53. The molecule has 1 heterocycles. The zero-order chi connectivity index (χ0) is 9.10. The van der Waals surface area contributed by atoms with Crippen molar-refractivity contribution in [2.24, 2.45) is 0 Å². The molecular formula is C9H9BNO2. The molecule has 0 unspecified atom stereocenters. The van der Waals surface area contributed by atoms with E-state index in [0.29, 0.717) is 14.2 Å². The Morgan fingerprint density at radius 1 is 1.38 bits per heavy atom. The number of anilines is 1. The van der Waals surface area contributed by atoms with Gasteiger partial charge in [0.05, 0.1) is 12.2 Å². The van der Waals surface area contributed by atoms with Gasteiger partial charge in [0.15, 0.2) is 0 Å². The van der Waals surface area contributed by atoms with Gasteiger partial charge in [-0.15, -0.1) is 0 Å². The molecule has 13 heavy (non-hydrogen) atoms. The molecule has 0 saturated carbocycles. The van der Waals surface area contributed by atoms with E-state index in [1.165, 1.54) is 0 Å². The zero-order valence-corrected chi connectivity index (χ0v) is 7.05. The van der Waals surface area contributed by atoms with Gasteiger partial charge in [-0.2, -0.15) is 0 Å². The molecule has 0 aromatic heterocycles. The van der Waals surface area contributed by atoms with E-state index in [4.69, 9.17) is 9.78 Å². The largest absolute Gasteiger partial charge is 0.511 e. The quantitative estimate of drug-likeness (QED) is 0.678. The highest BCUT2D eigenvalue weighted by molar-refractivity contribution is 6.16. The minimum atomic E-state index is 0.647. The second-order valence-corrected chi connectivity index (χ2v) is 2.73. The van der Waals surface area contributed by atoms with Gasteiger partial charge in [-0.25, -0.2) is 0 Å². The first kappa shape index (κ1) is 8.35. The highest BCUT2D eigenvalue weighted by Gasteiger charge is 2.12. The van der Waals surface area contributed by atoms with Crippen LogP contribution < -0.4 is 5.06 Å². The summed E-state index contributed by atoms with van der Waals surface area (Å²) in [5, 5.41) is 10.2. The first-order valence-electron chi connectivity index (χ1n) is 4.07. The summed E-state index contributed by atoms with van der Waals surface area (Å²) in [4.78, 5) is 0. The second-order valence-electron chi connectivity index (χ2n) is 2.73. The molecule has 0 spiro atoms. The predicted octanol–water partition coefficient (Wildman–Crippen LogP) is 0.978. The van der Waals surface area contributed by atoms with Crippen molar-refractivity contribution < 1.29 is 9.78 Å². The third-order valence-corrected chi connectivity index (χ3v) is 1.95. The van der Waals surface area contributed by atoms with Gasteiger partial charge >= 0.3 is 7.69 Å². The van der Waals surface area contributed by atoms with Crippen LogP contribution in [0.4, 0.5) is 5.69 Å². The predicted molar refractivity (Wildman–Crippen MR) is 51.9 cm³/mol. The Bertz CT molecular complexity index is 327. The molecular weight excluding hydrogens is 165 g/mol. The van der Waals surface area contributed by atoms with Crippen molar-refractivity contribution in [1.29, 1.82) is 0 Å². The van der Waals surface area contributed by atoms with Gasteiger partial charge in [0.2, 0.25) is 0 Å². The molecule has 1 N–H and O–H groups in total. The number of fused-ring (bicyclic) bond motifs is 1. The van der Waals surface area contributed by atoms with Crippen LogP contribution in [-0.2, 0) is 4.76 Å². The summed E-state index contributed by atoms with van der Waals surface area (Å²) in [6.07, 6.45) is 4.01. The number of hydroxylamine groups is 1. The average molecular weight is 174 g/mol. The first-order chi connectivity index (χ1) is 6.42. The lowest BCUT2D eigenvalue weighted by molar-refractivity contribution is 0.260. The molecule has 4 heteroatoms. The molecule has 1 aliphatic heterocycles. The number of hydrogen-bond acceptors (Lipinski definition) is 3. The fourth-order valence-corrected chi connectivity index (χ4v) is 1.39. The lowest BCUT2D eigenvalue weighted by Gasteiger charge is -2.25. The Morgan fingerprint density at radius 2 is 2.23 bits per heavy atom. The molecule has 2 rings (SSSR count). The van der Waals surface area contributed by atoms with Gasteiger partial charge in [0.25, 0.3) is 0 Å². The van der Waals surface area contributed by atoms with Gasteiger partial charge in [0, 0.05) is 0 Å². The van der Waals surface area contributed by atoms with E-state index in [0.717, 1.165) is 11.3 Å². The highest BCUT2D eigenvalue weighted by Crippen LogP contribution is 2.24. The monoisotopic (exact) mass is 174 g/mol. The van der Waals surface area contributed by atoms with Gasteiger partial charge < -0.3 is 9.78 Å². The summed E-state index contributed by atoms with van der Waals surface area (Å²) in [5.74, 6) is 0. The van der Waals surface area contributed by atoms with Crippen LogP contribution in [0.1, 0.15) is 5.56 Å². The van der Waals surface area contributed by atoms with Crippen LogP contribution in [-0.4, -0.2) is 19.3 Å². The number of rotatable bonds is 2. The number of hydrogen-bond donors (Lipinski definition) is 1. The van der Waals surface area contributed by atoms with Gasteiger partial charge in [0.1, 0.15) is 0 Å². The maximum Gasteiger partial charge on any atom is 0.511 e. The topological polar surface area (TPSA) is 32.7 Å². The molecule has 1 aliphatic rings. The SMILES string of the molecule is O[B]ON1CC=Cc2ccccc21. The van der Waals surface area contributed by atoms with E-state index in [9.17, 15) is 0 Å². The third-order valence-electron chi connectivity index (χ3n) is 1.95. The van der Waals surface area contributed by atoms with Crippen LogP contribution >= 0.6 is 0 Å². The van der Waals surface area contributed by atoms with Crippen molar-refractivity contribution in [2.45, 2.75) is 0 Å². The number of benzene rings is 1. The fraction of sp³-hybridized carbons (Fsp3) is 0.111. The Morgan fingerprint density at radius 3 is 3.08 bits per heavy atom. The van der Waals surface area contributed by atoms with Crippen molar-refractivity contribution in [1.82, 2.24) is 0 Å². The van der Waals surface area contributed by atoms with Crippen molar-refractivity contribution in [2.75, 3.05) is 11.6 Å². The summed E-state index contributed by atoms with van der Waals surface area (Å²) in [7, 11) is 0.690. The zero-order valence-electron chi connectivity index (χ0n) is 7.05. The number of para-hydroxylation sites is 1. The van der Waals surface area contributed by atoms with Gasteiger partial charge in [-0.3, -0.25) is 5.06 Å². The molecule has 0 amide bonds. The van der Waals surface area contributed by atoms with E-state index in [1.807, 2.05) is 36.4 Å². The molecule has 1 radical (unpaired) electrons. The minimum absolute atomic E-state index is 0.647. The lowest BCUT2D eigenvalue weighted by atomic mass is 10.1. The molecule has 65 valence electrons. The van der Waals surface area contributed by atoms with Gasteiger partial charge in [-0.1, -0.05) is 30.4 Å². The Balaban J connectivity index is 2.32. The van der Waals surface area contributed by atoms with Crippen molar-refractivity contribution >= 4 is 19.4 Å². The van der Waals surface area contributed by atoms with E-state index in [-0.39, 0.29) is 0 Å². The van der Waals surface area contributed by atoms with E-state index >= 15 is 0 Å². The molecule has 1 aromatic carbocycles. The molecule has 1 aromatic rings. The van der Waals surface area contributed by atoms with Crippen LogP contribution in [0.5, 0.6) is 0 Å². The second kappa shape index (κ2) is 3.64. The van der Waals surface area contributed by atoms with Crippen molar-refractivity contribution in [3.8, 4) is 0 Å². The fourth-order valence-electron chi connectivity index (χ4n) is 1.39. The van der Waals surface area contributed by atoms with Crippen molar-refractivity contribution in [3.63, 3.8) is 0 Å². The average Bonchev–Trinajstić information content (AvgIpc) is 2.19. The normalized spacial score (nSPS) is 14.1.